The highest BCUT2D eigenvalue weighted by atomic mass is 16.5. The van der Waals surface area contributed by atoms with Crippen LogP contribution in [0.3, 0.4) is 0 Å². The average molecular weight is 324 g/mol. The van der Waals surface area contributed by atoms with Crippen LogP contribution in [0.2, 0.25) is 0 Å². The largest absolute Gasteiger partial charge is 0.497 e. The fourth-order valence-electron chi connectivity index (χ4n) is 2.14. The molecule has 2 N–H and O–H groups in total. The number of nitrogens with zero attached hydrogens (tertiary/aromatic N) is 2. The number of aromatic nitrogens is 3. The third-order valence-electron chi connectivity index (χ3n) is 3.41. The van der Waals surface area contributed by atoms with E-state index in [2.05, 4.69) is 20.5 Å². The normalized spacial score (nSPS) is 10.2. The van der Waals surface area contributed by atoms with E-state index in [-0.39, 0.29) is 17.2 Å². The van der Waals surface area contributed by atoms with Gasteiger partial charge in [0.15, 0.2) is 5.69 Å². The first-order valence-corrected chi connectivity index (χ1v) is 7.22. The van der Waals surface area contributed by atoms with E-state index in [0.29, 0.717) is 11.3 Å². The number of aromatic amines is 1. The summed E-state index contributed by atoms with van der Waals surface area (Å²) in [4.78, 5) is 14.9. The Morgan fingerprint density at radius 1 is 0.875 bits per heavy atom. The predicted molar refractivity (Wildman–Crippen MR) is 90.9 cm³/mol. The van der Waals surface area contributed by atoms with Crippen molar-refractivity contribution in [2.45, 2.75) is 0 Å². The van der Waals surface area contributed by atoms with E-state index in [1.807, 2.05) is 12.1 Å². The number of rotatable bonds is 5. The molecule has 0 amide bonds. The molecule has 7 heteroatoms. The van der Waals surface area contributed by atoms with Gasteiger partial charge in [-0.05, 0) is 48.5 Å². The van der Waals surface area contributed by atoms with Gasteiger partial charge in [0, 0.05) is 11.3 Å². The second kappa shape index (κ2) is 6.82. The van der Waals surface area contributed by atoms with Gasteiger partial charge in [0.05, 0.1) is 14.2 Å². The van der Waals surface area contributed by atoms with Crippen LogP contribution in [0.25, 0.3) is 11.3 Å². The van der Waals surface area contributed by atoms with Crippen molar-refractivity contribution in [2.75, 3.05) is 19.5 Å². The summed E-state index contributed by atoms with van der Waals surface area (Å²) < 4.78 is 10.2. The van der Waals surface area contributed by atoms with Gasteiger partial charge in [0.1, 0.15) is 11.5 Å². The highest BCUT2D eigenvalue weighted by molar-refractivity contribution is 5.60. The van der Waals surface area contributed by atoms with Crippen molar-refractivity contribution in [3.05, 3.63) is 58.9 Å². The Balaban J connectivity index is 1.82. The Bertz CT molecular complexity index is 874. The van der Waals surface area contributed by atoms with E-state index >= 15 is 0 Å². The van der Waals surface area contributed by atoms with E-state index in [1.54, 1.807) is 50.6 Å². The molecule has 7 nitrogen and oxygen atoms in total. The molecule has 3 aromatic rings. The molecule has 0 aliphatic rings. The van der Waals surface area contributed by atoms with Crippen LogP contribution in [0.1, 0.15) is 0 Å². The van der Waals surface area contributed by atoms with E-state index in [9.17, 15) is 4.79 Å². The Labute approximate surface area is 138 Å². The minimum Gasteiger partial charge on any atom is -0.497 e. The van der Waals surface area contributed by atoms with Crippen molar-refractivity contribution < 1.29 is 9.47 Å². The Hall–Kier alpha value is -3.35. The molecule has 24 heavy (non-hydrogen) atoms. The number of anilines is 2. The number of methoxy groups -OCH3 is 2. The van der Waals surface area contributed by atoms with E-state index < -0.39 is 0 Å². The maximum Gasteiger partial charge on any atom is 0.279 e. The van der Waals surface area contributed by atoms with Crippen LogP contribution in [-0.4, -0.2) is 29.4 Å². The fourth-order valence-corrected chi connectivity index (χ4v) is 2.14. The highest BCUT2D eigenvalue weighted by Gasteiger charge is 2.08. The molecule has 0 saturated carbocycles. The zero-order valence-electron chi connectivity index (χ0n) is 13.2. The molecule has 1 aromatic heterocycles. The molecule has 2 aromatic carbocycles. The molecule has 1 heterocycles. The van der Waals surface area contributed by atoms with Crippen LogP contribution < -0.4 is 20.3 Å². The number of H-pyrrole nitrogens is 1. The summed E-state index contributed by atoms with van der Waals surface area (Å²) >= 11 is 0. The minimum atomic E-state index is -0.328. The SMILES string of the molecule is COc1ccc(Nc2nnc(-c3ccc(OC)cc3)c(=O)[nH]2)cc1. The summed E-state index contributed by atoms with van der Waals surface area (Å²) in [6.45, 7) is 0. The summed E-state index contributed by atoms with van der Waals surface area (Å²) in [6.07, 6.45) is 0. The Kier molecular flexibility index (Phi) is 4.42. The van der Waals surface area contributed by atoms with Gasteiger partial charge in [-0.3, -0.25) is 9.78 Å². The maximum atomic E-state index is 12.2. The van der Waals surface area contributed by atoms with Crippen LogP contribution in [0.5, 0.6) is 11.5 Å². The molecule has 0 saturated heterocycles. The second-order valence-corrected chi connectivity index (χ2v) is 4.93. The quantitative estimate of drug-likeness (QED) is 0.750. The lowest BCUT2D eigenvalue weighted by molar-refractivity contribution is 0.415. The molecule has 0 bridgehead atoms. The smallest absolute Gasteiger partial charge is 0.279 e. The molecule has 0 aliphatic heterocycles. The molecule has 122 valence electrons. The summed E-state index contributed by atoms with van der Waals surface area (Å²) in [6, 6.07) is 14.3. The predicted octanol–water partition coefficient (Wildman–Crippen LogP) is 2.59. The van der Waals surface area contributed by atoms with Crippen molar-refractivity contribution in [3.63, 3.8) is 0 Å². The maximum absolute atomic E-state index is 12.2. The summed E-state index contributed by atoms with van der Waals surface area (Å²) in [5, 5.41) is 11.0. The summed E-state index contributed by atoms with van der Waals surface area (Å²) in [5.74, 6) is 1.72. The monoisotopic (exact) mass is 324 g/mol. The minimum absolute atomic E-state index is 0.248. The van der Waals surface area contributed by atoms with Crippen LogP contribution >= 0.6 is 0 Å². The average Bonchev–Trinajstić information content (AvgIpc) is 2.63. The molecule has 3 rings (SSSR count). The van der Waals surface area contributed by atoms with Crippen molar-refractivity contribution in [1.29, 1.82) is 0 Å². The lowest BCUT2D eigenvalue weighted by Gasteiger charge is -2.07. The van der Waals surface area contributed by atoms with E-state index in [4.69, 9.17) is 9.47 Å². The number of hydrogen-bond donors (Lipinski definition) is 2. The number of hydrogen-bond acceptors (Lipinski definition) is 6. The molecular weight excluding hydrogens is 308 g/mol. The standard InChI is InChI=1S/C17H16N4O3/c1-23-13-7-3-11(4-8-13)15-16(22)19-17(21-20-15)18-12-5-9-14(24-2)10-6-12/h3-10H,1-2H3,(H2,18,19,21,22). The van der Waals surface area contributed by atoms with Gasteiger partial charge in [-0.25, -0.2) is 0 Å². The Morgan fingerprint density at radius 3 is 2.00 bits per heavy atom. The summed E-state index contributed by atoms with van der Waals surface area (Å²) in [5.41, 5.74) is 1.35. The van der Waals surface area contributed by atoms with Crippen LogP contribution in [0, 0.1) is 0 Å². The first kappa shape index (κ1) is 15.5. The topological polar surface area (TPSA) is 89.1 Å². The third kappa shape index (κ3) is 3.35. The second-order valence-electron chi connectivity index (χ2n) is 4.93. The van der Waals surface area contributed by atoms with Crippen molar-refractivity contribution in [1.82, 2.24) is 15.2 Å². The van der Waals surface area contributed by atoms with E-state index in [1.165, 1.54) is 0 Å². The number of benzene rings is 2. The first-order chi connectivity index (χ1) is 11.7. The summed E-state index contributed by atoms with van der Waals surface area (Å²) in [7, 11) is 3.19. The van der Waals surface area contributed by atoms with Gasteiger partial charge in [0.2, 0.25) is 5.95 Å². The van der Waals surface area contributed by atoms with Gasteiger partial charge in [-0.15, -0.1) is 10.2 Å². The zero-order chi connectivity index (χ0) is 16.9. The molecular formula is C17H16N4O3. The molecule has 0 spiro atoms. The fraction of sp³-hybridized carbons (Fsp3) is 0.118. The van der Waals surface area contributed by atoms with Gasteiger partial charge >= 0.3 is 0 Å². The molecule has 0 aliphatic carbocycles. The van der Waals surface area contributed by atoms with Gasteiger partial charge in [-0.1, -0.05) is 0 Å². The van der Waals surface area contributed by atoms with Crippen molar-refractivity contribution in [2.24, 2.45) is 0 Å². The number of nitrogens with one attached hydrogen (secondary N) is 2. The van der Waals surface area contributed by atoms with Gasteiger partial charge in [0.25, 0.3) is 5.56 Å². The van der Waals surface area contributed by atoms with E-state index in [0.717, 1.165) is 11.4 Å². The Morgan fingerprint density at radius 2 is 1.46 bits per heavy atom. The highest BCUT2D eigenvalue weighted by Crippen LogP contribution is 2.19. The van der Waals surface area contributed by atoms with Crippen molar-refractivity contribution >= 4 is 11.6 Å². The molecule has 0 unspecified atom stereocenters. The lowest BCUT2D eigenvalue weighted by atomic mass is 10.1. The third-order valence-corrected chi connectivity index (χ3v) is 3.41. The molecule has 0 atom stereocenters. The first-order valence-electron chi connectivity index (χ1n) is 7.22. The van der Waals surface area contributed by atoms with Crippen LogP contribution in [-0.2, 0) is 0 Å². The van der Waals surface area contributed by atoms with Crippen LogP contribution in [0.4, 0.5) is 11.6 Å². The van der Waals surface area contributed by atoms with Gasteiger partial charge < -0.3 is 14.8 Å². The van der Waals surface area contributed by atoms with Gasteiger partial charge in [-0.2, -0.15) is 0 Å². The van der Waals surface area contributed by atoms with Crippen molar-refractivity contribution in [3.8, 4) is 22.8 Å². The van der Waals surface area contributed by atoms with Crippen LogP contribution in [0.15, 0.2) is 53.3 Å². The zero-order valence-corrected chi connectivity index (χ0v) is 13.2. The molecule has 0 fully saturated rings. The number of ether oxygens (including phenoxy) is 2. The molecule has 0 radical (unpaired) electrons. The lowest BCUT2D eigenvalue weighted by Crippen LogP contribution is -2.15.